The van der Waals surface area contributed by atoms with Crippen LogP contribution in [0.15, 0.2) is 18.3 Å². The van der Waals surface area contributed by atoms with E-state index in [1.54, 1.807) is 0 Å². The highest BCUT2D eigenvalue weighted by molar-refractivity contribution is 5.81. The topological polar surface area (TPSA) is 42.4 Å². The summed E-state index contributed by atoms with van der Waals surface area (Å²) >= 11 is 0. The van der Waals surface area contributed by atoms with Gasteiger partial charge >= 0.3 is 0 Å². The largest absolute Gasteiger partial charge is 0.272 e. The fourth-order valence-corrected chi connectivity index (χ4v) is 1.72. The summed E-state index contributed by atoms with van der Waals surface area (Å²) in [5.41, 5.74) is -3.44. The minimum Gasteiger partial charge on any atom is -0.272 e. The normalized spacial score (nSPS) is 29.7. The summed E-state index contributed by atoms with van der Waals surface area (Å²) < 4.78 is 81.3. The first-order chi connectivity index (χ1) is 12.1. The average molecular weight is 261 g/mol. The highest BCUT2D eigenvalue weighted by Crippen LogP contribution is 2.33. The molecule has 0 unspecified atom stereocenters. The molecule has 2 rings (SSSR count). The van der Waals surface area contributed by atoms with E-state index in [1.807, 2.05) is 0 Å². The van der Waals surface area contributed by atoms with Crippen molar-refractivity contribution >= 4 is 5.91 Å². The third-order valence-electron chi connectivity index (χ3n) is 2.56. The van der Waals surface area contributed by atoms with Crippen LogP contribution in [0.1, 0.15) is 50.9 Å². The Hall–Kier alpha value is -1.49. The van der Waals surface area contributed by atoms with E-state index in [4.69, 9.17) is 17.2 Å². The van der Waals surface area contributed by atoms with E-state index < -0.39 is 43.9 Å². The summed E-state index contributed by atoms with van der Waals surface area (Å²) in [6, 6.07) is 1.27. The summed E-state index contributed by atoms with van der Waals surface area (Å²) in [5.74, 6) is -2.49. The first-order valence-corrected chi connectivity index (χ1v) is 5.22. The van der Waals surface area contributed by atoms with Crippen LogP contribution in [0.5, 0.6) is 0 Å². The van der Waals surface area contributed by atoms with E-state index >= 15 is 0 Å². The van der Waals surface area contributed by atoms with Crippen molar-refractivity contribution in [3.05, 3.63) is 29.8 Å². The van der Waals surface area contributed by atoms with E-state index in [9.17, 15) is 9.18 Å². The zero-order valence-electron chi connectivity index (χ0n) is 18.3. The van der Waals surface area contributed by atoms with Crippen LogP contribution in [-0.4, -0.2) is 22.6 Å². The van der Waals surface area contributed by atoms with Crippen LogP contribution in [-0.2, 0) is 9.63 Å². The molecule has 2 heterocycles. The molecule has 1 saturated heterocycles. The first-order valence-electron chi connectivity index (χ1n) is 9.72. The number of hydrogen-bond donors (Lipinski definition) is 0. The van der Waals surface area contributed by atoms with Gasteiger partial charge in [0.2, 0.25) is 5.95 Å². The standard InChI is InChI=1S/C13H17FN2O2/c1-13(2,3)12(17)16-10(6-7-18-16)9-4-5-11(14)15-8-9/h4-5,8,10H,6-7H2,1-3H3/t10-/m0/s1/i1D3,2D3,3D3. The molecule has 0 saturated carbocycles. The van der Waals surface area contributed by atoms with Gasteiger partial charge in [0.1, 0.15) is 0 Å². The van der Waals surface area contributed by atoms with Crippen LogP contribution in [0.2, 0.25) is 0 Å². The number of nitrogens with zero attached hydrogens (tertiary/aromatic N) is 2. The molecule has 0 aromatic carbocycles. The van der Waals surface area contributed by atoms with Gasteiger partial charge in [-0.05, 0) is 11.6 Å². The summed E-state index contributed by atoms with van der Waals surface area (Å²) in [6.07, 6.45) is 1.20. The van der Waals surface area contributed by atoms with Crippen LogP contribution in [0, 0.1) is 11.4 Å². The molecule has 1 aliphatic rings. The second kappa shape index (κ2) is 4.65. The maximum Gasteiger partial charge on any atom is 0.252 e. The Balaban J connectivity index is 2.59. The van der Waals surface area contributed by atoms with Crippen LogP contribution >= 0.6 is 0 Å². The number of halogens is 1. The van der Waals surface area contributed by atoms with E-state index in [-0.39, 0.29) is 18.6 Å². The predicted octanol–water partition coefficient (Wildman–Crippen LogP) is 2.47. The molecule has 0 N–H and O–H groups in total. The third-order valence-corrected chi connectivity index (χ3v) is 2.56. The van der Waals surface area contributed by atoms with Gasteiger partial charge in [0.15, 0.2) is 0 Å². The highest BCUT2D eigenvalue weighted by Gasteiger charge is 2.37. The molecule has 1 fully saturated rings. The molecular weight excluding hydrogens is 235 g/mol. The minimum atomic E-state index is -3.69. The number of rotatable bonds is 1. The van der Waals surface area contributed by atoms with E-state index in [0.717, 1.165) is 12.3 Å². The monoisotopic (exact) mass is 261 g/mol. The van der Waals surface area contributed by atoms with Crippen molar-refractivity contribution < 1.29 is 26.4 Å². The van der Waals surface area contributed by atoms with Crippen molar-refractivity contribution in [3.63, 3.8) is 0 Å². The fraction of sp³-hybridized carbons (Fsp3) is 0.538. The van der Waals surface area contributed by atoms with Gasteiger partial charge in [0.25, 0.3) is 5.91 Å². The molecular formula is C13H17FN2O2. The Kier molecular flexibility index (Phi) is 1.46. The molecule has 0 aliphatic carbocycles. The van der Waals surface area contributed by atoms with Gasteiger partial charge in [0, 0.05) is 30.4 Å². The zero-order valence-corrected chi connectivity index (χ0v) is 9.31. The van der Waals surface area contributed by atoms with Crippen LogP contribution in [0.3, 0.4) is 0 Å². The van der Waals surface area contributed by atoms with Crippen LogP contribution in [0.25, 0.3) is 0 Å². The second-order valence-corrected chi connectivity index (χ2v) is 3.93. The van der Waals surface area contributed by atoms with Crippen molar-refractivity contribution in [1.82, 2.24) is 10.0 Å². The van der Waals surface area contributed by atoms with Crippen LogP contribution in [0.4, 0.5) is 4.39 Å². The van der Waals surface area contributed by atoms with Gasteiger partial charge in [-0.3, -0.25) is 9.63 Å². The molecule has 0 radical (unpaired) electrons. The Morgan fingerprint density at radius 2 is 2.39 bits per heavy atom. The maximum atomic E-state index is 13.1. The van der Waals surface area contributed by atoms with E-state index in [2.05, 4.69) is 4.98 Å². The first kappa shape index (κ1) is 5.65. The lowest BCUT2D eigenvalue weighted by molar-refractivity contribution is -0.186. The Morgan fingerprint density at radius 3 is 3.00 bits per heavy atom. The molecule has 0 bridgehead atoms. The molecule has 1 atom stereocenters. The Morgan fingerprint density at radius 1 is 1.61 bits per heavy atom. The van der Waals surface area contributed by atoms with Crippen molar-refractivity contribution in [2.75, 3.05) is 6.61 Å². The minimum absolute atomic E-state index is 0.0904. The van der Waals surface area contributed by atoms with Crippen molar-refractivity contribution in [2.45, 2.75) is 33.0 Å². The summed E-state index contributed by atoms with van der Waals surface area (Å²) in [7, 11) is 0. The number of hydroxylamine groups is 2. The number of carbonyl (C=O) groups excluding carboxylic acids is 1. The quantitative estimate of drug-likeness (QED) is 0.729. The van der Waals surface area contributed by atoms with Crippen molar-refractivity contribution in [3.8, 4) is 0 Å². The molecule has 18 heavy (non-hydrogen) atoms. The summed E-state index contributed by atoms with van der Waals surface area (Å²) in [6.45, 7) is -11.1. The molecule has 1 amide bonds. The van der Waals surface area contributed by atoms with Gasteiger partial charge < -0.3 is 0 Å². The van der Waals surface area contributed by atoms with Gasteiger partial charge in [0.05, 0.1) is 12.6 Å². The van der Waals surface area contributed by atoms with E-state index in [0.29, 0.717) is 5.06 Å². The lowest BCUT2D eigenvalue weighted by Crippen LogP contribution is -2.38. The lowest BCUT2D eigenvalue weighted by Gasteiger charge is -2.28. The lowest BCUT2D eigenvalue weighted by atomic mass is 9.94. The second-order valence-electron chi connectivity index (χ2n) is 3.93. The SMILES string of the molecule is [2H]C([2H])([2H])C(C(=O)N1OCC[C@H]1c1ccc(F)nc1)(C([2H])([2H])[2H])C([2H])([2H])[2H]. The number of carbonyl (C=O) groups is 1. The molecule has 4 nitrogen and oxygen atoms in total. The predicted molar refractivity (Wildman–Crippen MR) is 63.8 cm³/mol. The van der Waals surface area contributed by atoms with Gasteiger partial charge in [-0.25, -0.2) is 10.0 Å². The number of hydrogen-bond acceptors (Lipinski definition) is 3. The Bertz CT molecular complexity index is 664. The van der Waals surface area contributed by atoms with Gasteiger partial charge in [-0.1, -0.05) is 26.6 Å². The smallest absolute Gasteiger partial charge is 0.252 e. The van der Waals surface area contributed by atoms with Crippen molar-refractivity contribution in [1.29, 1.82) is 0 Å². The van der Waals surface area contributed by atoms with Gasteiger partial charge in [-0.2, -0.15) is 4.39 Å². The number of aromatic nitrogens is 1. The Labute approximate surface area is 118 Å². The molecule has 1 aromatic rings. The van der Waals surface area contributed by atoms with E-state index in [1.165, 1.54) is 6.07 Å². The third kappa shape index (κ3) is 2.51. The average Bonchev–Trinajstić information content (AvgIpc) is 2.93. The molecule has 1 aromatic heterocycles. The maximum absolute atomic E-state index is 13.1. The van der Waals surface area contributed by atoms with Crippen molar-refractivity contribution in [2.24, 2.45) is 5.41 Å². The summed E-state index contributed by atoms with van der Waals surface area (Å²) in [4.78, 5) is 21.6. The number of amides is 1. The van der Waals surface area contributed by atoms with Gasteiger partial charge in [-0.15, -0.1) is 0 Å². The fourth-order valence-electron chi connectivity index (χ4n) is 1.72. The molecule has 1 aliphatic heterocycles. The van der Waals surface area contributed by atoms with Crippen LogP contribution < -0.4 is 0 Å². The highest BCUT2D eigenvalue weighted by atomic mass is 19.1. The zero-order chi connectivity index (χ0) is 20.8. The number of pyridine rings is 1. The molecule has 5 heteroatoms. The molecule has 0 spiro atoms. The summed E-state index contributed by atoms with van der Waals surface area (Å²) in [5, 5.41) is 0.458. The molecule has 98 valence electrons.